The van der Waals surface area contributed by atoms with Crippen LogP contribution in [0.4, 0.5) is 0 Å². The van der Waals surface area contributed by atoms with Crippen molar-refractivity contribution in [2.24, 2.45) is 5.10 Å². The van der Waals surface area contributed by atoms with Gasteiger partial charge < -0.3 is 10.3 Å². The number of rotatable bonds is 5. The Morgan fingerprint density at radius 3 is 2.76 bits per heavy atom. The van der Waals surface area contributed by atoms with E-state index < -0.39 is 5.91 Å². The van der Waals surface area contributed by atoms with Crippen LogP contribution < -0.4 is 10.7 Å². The van der Waals surface area contributed by atoms with Gasteiger partial charge in [0.15, 0.2) is 0 Å². The average Bonchev–Trinajstić information content (AvgIpc) is 2.91. The van der Waals surface area contributed by atoms with Gasteiger partial charge in [-0.15, -0.1) is 0 Å². The molecule has 1 aromatic heterocycles. The first-order valence-electron chi connectivity index (χ1n) is 6.32. The number of H-pyrrole nitrogens is 1. The van der Waals surface area contributed by atoms with Crippen molar-refractivity contribution in [3.05, 3.63) is 53.6 Å². The van der Waals surface area contributed by atoms with Crippen LogP contribution in [0.3, 0.4) is 0 Å². The number of hydrogen-bond donors (Lipinski definition) is 3. The molecule has 0 aliphatic rings. The molecule has 0 spiro atoms. The third-order valence-electron chi connectivity index (χ3n) is 2.70. The molecule has 2 aromatic rings. The number of aromatic amines is 1. The van der Waals surface area contributed by atoms with Crippen LogP contribution in [0.1, 0.15) is 21.7 Å². The minimum Gasteiger partial charge on any atom is -0.344 e. The van der Waals surface area contributed by atoms with Crippen LogP contribution in [-0.4, -0.2) is 34.5 Å². The Kier molecular flexibility index (Phi) is 4.81. The number of carbonyl (C=O) groups excluding carboxylic acids is 2. The molecule has 0 saturated carbocycles. The van der Waals surface area contributed by atoms with E-state index in [1.807, 2.05) is 13.0 Å². The number of benzene rings is 1. The van der Waals surface area contributed by atoms with Crippen molar-refractivity contribution in [3.63, 3.8) is 0 Å². The van der Waals surface area contributed by atoms with E-state index in [1.165, 1.54) is 6.21 Å². The third kappa shape index (κ3) is 4.27. The molecule has 0 atom stereocenters. The summed E-state index contributed by atoms with van der Waals surface area (Å²) in [5, 5.41) is 6.29. The van der Waals surface area contributed by atoms with E-state index in [9.17, 15) is 9.59 Å². The monoisotopic (exact) mass is 285 g/mol. The van der Waals surface area contributed by atoms with E-state index in [0.717, 1.165) is 5.69 Å². The van der Waals surface area contributed by atoms with Crippen LogP contribution in [0.2, 0.25) is 0 Å². The molecule has 7 heteroatoms. The highest BCUT2D eigenvalue weighted by molar-refractivity contribution is 5.96. The van der Waals surface area contributed by atoms with Gasteiger partial charge in [0.1, 0.15) is 0 Å². The summed E-state index contributed by atoms with van der Waals surface area (Å²) in [5.74, 6) is -0.716. The number of aryl methyl sites for hydroxylation is 1. The van der Waals surface area contributed by atoms with E-state index in [2.05, 4.69) is 25.8 Å². The van der Waals surface area contributed by atoms with Gasteiger partial charge in [0.2, 0.25) is 0 Å². The second kappa shape index (κ2) is 6.99. The number of hydrazone groups is 1. The lowest BCUT2D eigenvalue weighted by Crippen LogP contribution is -2.34. The Balaban J connectivity index is 1.76. The molecule has 1 aromatic carbocycles. The van der Waals surface area contributed by atoms with Crippen molar-refractivity contribution in [2.75, 3.05) is 6.54 Å². The van der Waals surface area contributed by atoms with Crippen molar-refractivity contribution in [3.8, 4) is 0 Å². The van der Waals surface area contributed by atoms with Crippen LogP contribution in [0.5, 0.6) is 0 Å². The Morgan fingerprint density at radius 2 is 2.10 bits per heavy atom. The van der Waals surface area contributed by atoms with Crippen molar-refractivity contribution < 1.29 is 9.59 Å². The topological polar surface area (TPSA) is 99.2 Å². The molecule has 0 radical (unpaired) electrons. The Labute approximate surface area is 121 Å². The summed E-state index contributed by atoms with van der Waals surface area (Å²) in [6.07, 6.45) is 3.00. The fourth-order valence-electron chi connectivity index (χ4n) is 1.56. The molecular formula is C14H15N5O2. The van der Waals surface area contributed by atoms with E-state index in [1.54, 1.807) is 30.6 Å². The minimum absolute atomic E-state index is 0.146. The maximum Gasteiger partial charge on any atom is 0.259 e. The summed E-state index contributed by atoms with van der Waals surface area (Å²) in [5.41, 5.74) is 4.32. The van der Waals surface area contributed by atoms with Crippen LogP contribution >= 0.6 is 0 Å². The van der Waals surface area contributed by atoms with Gasteiger partial charge >= 0.3 is 0 Å². The van der Waals surface area contributed by atoms with Gasteiger partial charge in [-0.2, -0.15) is 5.10 Å². The van der Waals surface area contributed by atoms with E-state index >= 15 is 0 Å². The number of aromatic nitrogens is 2. The molecular weight excluding hydrogens is 270 g/mol. The Bertz CT molecular complexity index is 648. The fraction of sp³-hybridized carbons (Fsp3) is 0.143. The molecule has 0 aliphatic heterocycles. The van der Waals surface area contributed by atoms with Gasteiger partial charge in [0, 0.05) is 5.56 Å². The molecule has 21 heavy (non-hydrogen) atoms. The third-order valence-corrected chi connectivity index (χ3v) is 2.70. The number of nitrogens with zero attached hydrogens (tertiary/aromatic N) is 2. The molecule has 108 valence electrons. The molecule has 7 nitrogen and oxygen atoms in total. The zero-order valence-corrected chi connectivity index (χ0v) is 11.5. The largest absolute Gasteiger partial charge is 0.344 e. The Morgan fingerprint density at radius 1 is 1.33 bits per heavy atom. The average molecular weight is 285 g/mol. The Hall–Kier alpha value is -2.96. The zero-order valence-electron chi connectivity index (χ0n) is 11.5. The first-order chi connectivity index (χ1) is 10.2. The SMILES string of the molecule is Cc1nc[nH]c1/C=N/NC(=O)CNC(=O)c1ccccc1. The van der Waals surface area contributed by atoms with Crippen LogP contribution in [0, 0.1) is 6.92 Å². The van der Waals surface area contributed by atoms with E-state index in [4.69, 9.17) is 0 Å². The summed E-state index contributed by atoms with van der Waals surface area (Å²) in [7, 11) is 0. The number of hydrogen-bond acceptors (Lipinski definition) is 4. The highest BCUT2D eigenvalue weighted by Crippen LogP contribution is 1.97. The first-order valence-corrected chi connectivity index (χ1v) is 6.32. The maximum atomic E-state index is 11.7. The molecule has 0 unspecified atom stereocenters. The smallest absolute Gasteiger partial charge is 0.259 e. The van der Waals surface area contributed by atoms with Crippen LogP contribution in [0.15, 0.2) is 41.8 Å². The number of amides is 2. The van der Waals surface area contributed by atoms with Crippen molar-refractivity contribution in [1.82, 2.24) is 20.7 Å². The summed E-state index contributed by atoms with van der Waals surface area (Å²) in [4.78, 5) is 30.1. The molecule has 2 rings (SSSR count). The summed E-state index contributed by atoms with van der Waals surface area (Å²) in [6, 6.07) is 8.67. The van der Waals surface area contributed by atoms with Crippen molar-refractivity contribution in [2.45, 2.75) is 6.92 Å². The molecule has 1 heterocycles. The van der Waals surface area contributed by atoms with Crippen LogP contribution in [-0.2, 0) is 4.79 Å². The second-order valence-corrected chi connectivity index (χ2v) is 4.24. The highest BCUT2D eigenvalue weighted by atomic mass is 16.2. The highest BCUT2D eigenvalue weighted by Gasteiger charge is 2.06. The molecule has 0 fully saturated rings. The van der Waals surface area contributed by atoms with Gasteiger partial charge in [-0.25, -0.2) is 10.4 Å². The molecule has 0 aliphatic carbocycles. The summed E-state index contributed by atoms with van der Waals surface area (Å²) >= 11 is 0. The molecule has 0 bridgehead atoms. The zero-order chi connectivity index (χ0) is 15.1. The fourth-order valence-corrected chi connectivity index (χ4v) is 1.56. The van der Waals surface area contributed by atoms with Crippen LogP contribution in [0.25, 0.3) is 0 Å². The van der Waals surface area contributed by atoms with Gasteiger partial charge in [-0.1, -0.05) is 18.2 Å². The predicted molar refractivity (Wildman–Crippen MR) is 77.8 cm³/mol. The lowest BCUT2D eigenvalue weighted by Gasteiger charge is -2.03. The van der Waals surface area contributed by atoms with Gasteiger partial charge in [0.05, 0.1) is 30.5 Å². The molecule has 0 saturated heterocycles. The van der Waals surface area contributed by atoms with Gasteiger partial charge in [-0.3, -0.25) is 9.59 Å². The lowest BCUT2D eigenvalue weighted by atomic mass is 10.2. The van der Waals surface area contributed by atoms with Crippen molar-refractivity contribution >= 4 is 18.0 Å². The molecule has 2 amide bonds. The van der Waals surface area contributed by atoms with E-state index in [-0.39, 0.29) is 12.5 Å². The van der Waals surface area contributed by atoms with Gasteiger partial charge in [-0.05, 0) is 19.1 Å². The predicted octanol–water partition coefficient (Wildman–Crippen LogP) is 0.598. The van der Waals surface area contributed by atoms with E-state index in [0.29, 0.717) is 11.3 Å². The van der Waals surface area contributed by atoms with Gasteiger partial charge in [0.25, 0.3) is 11.8 Å². The number of nitrogens with one attached hydrogen (secondary N) is 3. The normalized spacial score (nSPS) is 10.5. The summed E-state index contributed by atoms with van der Waals surface area (Å²) in [6.45, 7) is 1.67. The second-order valence-electron chi connectivity index (χ2n) is 4.24. The maximum absolute atomic E-state index is 11.7. The van der Waals surface area contributed by atoms with Crippen molar-refractivity contribution in [1.29, 1.82) is 0 Å². The summed E-state index contributed by atoms with van der Waals surface area (Å²) < 4.78 is 0. The quantitative estimate of drug-likeness (QED) is 0.554. The number of carbonyl (C=O) groups is 2. The lowest BCUT2D eigenvalue weighted by molar-refractivity contribution is -0.120. The molecule has 3 N–H and O–H groups in total. The minimum atomic E-state index is -0.410. The number of imidazole rings is 1. The standard InChI is InChI=1S/C14H15N5O2/c1-10-12(17-9-16-10)7-18-19-13(20)8-15-14(21)11-5-3-2-4-6-11/h2-7,9H,8H2,1H3,(H,15,21)(H,16,17)(H,19,20)/b18-7+. The first kappa shape index (κ1) is 14.4.